The van der Waals surface area contributed by atoms with E-state index in [1.807, 2.05) is 24.8 Å². The molecule has 1 aromatic carbocycles. The van der Waals surface area contributed by atoms with Crippen molar-refractivity contribution in [1.29, 1.82) is 5.26 Å². The van der Waals surface area contributed by atoms with Crippen molar-refractivity contribution in [3.8, 4) is 11.8 Å². The zero-order valence-corrected chi connectivity index (χ0v) is 23.2. The second-order valence-electron chi connectivity index (χ2n) is 10.9. The van der Waals surface area contributed by atoms with Gasteiger partial charge in [-0.05, 0) is 56.5 Å². The third-order valence-corrected chi connectivity index (χ3v) is 7.92. The third kappa shape index (κ3) is 5.30. The minimum Gasteiger partial charge on any atom is -0.406 e. The van der Waals surface area contributed by atoms with Gasteiger partial charge in [0.05, 0.1) is 11.6 Å². The topological polar surface area (TPSA) is 113 Å². The van der Waals surface area contributed by atoms with Crippen LogP contribution in [-0.2, 0) is 7.05 Å². The molecule has 0 amide bonds. The number of fused-ring (bicyclic) bond motifs is 1. The van der Waals surface area contributed by atoms with Crippen LogP contribution < -0.4 is 15.3 Å². The molecule has 218 valence electrons. The van der Waals surface area contributed by atoms with Gasteiger partial charge in [0, 0.05) is 44.2 Å². The first-order chi connectivity index (χ1) is 20.0. The number of ether oxygens (including phenoxy) is 1. The van der Waals surface area contributed by atoms with Crippen LogP contribution in [-0.4, -0.2) is 56.1 Å². The number of hydrogen-bond donors (Lipinski definition) is 0. The van der Waals surface area contributed by atoms with Crippen molar-refractivity contribution in [3.63, 3.8) is 0 Å². The molecule has 2 fully saturated rings. The molecular weight excluding hydrogens is 551 g/mol. The molecule has 6 rings (SSSR count). The number of benzene rings is 1. The number of aromatic nitrogens is 4. The minimum atomic E-state index is -4.79. The fourth-order valence-electron chi connectivity index (χ4n) is 5.66. The monoisotopic (exact) mass is 579 g/mol. The van der Waals surface area contributed by atoms with E-state index in [0.717, 1.165) is 24.2 Å². The Bertz CT molecular complexity index is 1720. The summed E-state index contributed by atoms with van der Waals surface area (Å²) < 4.78 is 49.6. The maximum absolute atomic E-state index is 12.8. The van der Waals surface area contributed by atoms with E-state index in [0.29, 0.717) is 41.6 Å². The summed E-state index contributed by atoms with van der Waals surface area (Å²) in [6.45, 7) is 5.02. The highest BCUT2D eigenvalue weighted by molar-refractivity contribution is 5.86. The van der Waals surface area contributed by atoms with Gasteiger partial charge in [0.15, 0.2) is 5.82 Å². The van der Waals surface area contributed by atoms with Gasteiger partial charge in [0.1, 0.15) is 34.5 Å². The van der Waals surface area contributed by atoms with Gasteiger partial charge in [-0.2, -0.15) is 10.2 Å². The average Bonchev–Trinajstić information content (AvgIpc) is 3.69. The van der Waals surface area contributed by atoms with Crippen LogP contribution >= 0.6 is 0 Å². The standard InChI is InChI=1S/C29H28F3N7O3/c1-16-15-39(27-25-23(37(3)28(40)35-27)11-8-20(13-33)34-25)17(2)14-38(16)26(22-12-24(42-36-22)18-4-5-18)19-6-9-21(10-7-19)41-29(30,31)32/h6-12,16-18,26H,4-5,14-15H2,1-3H3/t16?,17-,26?/m0/s1. The first kappa shape index (κ1) is 27.7. The molecule has 0 bridgehead atoms. The number of pyridine rings is 1. The van der Waals surface area contributed by atoms with Crippen LogP contribution in [0.2, 0.25) is 0 Å². The Morgan fingerprint density at radius 2 is 1.81 bits per heavy atom. The quantitative estimate of drug-likeness (QED) is 0.322. The zero-order chi connectivity index (χ0) is 29.8. The molecule has 4 heterocycles. The molecule has 1 saturated heterocycles. The van der Waals surface area contributed by atoms with E-state index in [4.69, 9.17) is 4.52 Å². The van der Waals surface area contributed by atoms with E-state index in [1.165, 1.54) is 16.7 Å². The van der Waals surface area contributed by atoms with E-state index in [9.17, 15) is 23.2 Å². The Morgan fingerprint density at radius 1 is 1.07 bits per heavy atom. The molecule has 0 radical (unpaired) electrons. The first-order valence-electron chi connectivity index (χ1n) is 13.6. The number of halogens is 3. The normalized spacial score (nSPS) is 20.5. The third-order valence-electron chi connectivity index (χ3n) is 7.92. The van der Waals surface area contributed by atoms with Crippen molar-refractivity contribution >= 4 is 16.9 Å². The molecule has 1 aliphatic heterocycles. The van der Waals surface area contributed by atoms with E-state index in [2.05, 4.69) is 30.8 Å². The Balaban J connectivity index is 1.36. The maximum Gasteiger partial charge on any atom is 0.573 e. The lowest BCUT2D eigenvalue weighted by Gasteiger charge is -2.47. The van der Waals surface area contributed by atoms with Gasteiger partial charge in [-0.15, -0.1) is 13.2 Å². The van der Waals surface area contributed by atoms with Gasteiger partial charge in [0.25, 0.3) is 0 Å². The summed E-state index contributed by atoms with van der Waals surface area (Å²) in [5.74, 6) is 1.25. The highest BCUT2D eigenvalue weighted by Crippen LogP contribution is 2.42. The Kier molecular flexibility index (Phi) is 6.89. The molecule has 0 N–H and O–H groups in total. The van der Waals surface area contributed by atoms with Crippen molar-refractivity contribution in [2.45, 2.75) is 57.1 Å². The van der Waals surface area contributed by atoms with Crippen molar-refractivity contribution in [2.24, 2.45) is 7.05 Å². The van der Waals surface area contributed by atoms with Crippen LogP contribution in [0.1, 0.15) is 61.4 Å². The van der Waals surface area contributed by atoms with Crippen molar-refractivity contribution < 1.29 is 22.4 Å². The highest BCUT2D eigenvalue weighted by atomic mass is 19.4. The summed E-state index contributed by atoms with van der Waals surface area (Å²) in [6, 6.07) is 12.4. The smallest absolute Gasteiger partial charge is 0.406 e. The summed E-state index contributed by atoms with van der Waals surface area (Å²) in [7, 11) is 1.61. The largest absolute Gasteiger partial charge is 0.573 e. The van der Waals surface area contributed by atoms with Gasteiger partial charge >= 0.3 is 12.1 Å². The van der Waals surface area contributed by atoms with E-state index >= 15 is 0 Å². The molecule has 2 unspecified atom stereocenters. The molecule has 1 aliphatic carbocycles. The molecule has 10 nitrogen and oxygen atoms in total. The van der Waals surface area contributed by atoms with Crippen molar-refractivity contribution in [3.05, 3.63) is 75.7 Å². The predicted octanol–water partition coefficient (Wildman–Crippen LogP) is 4.65. The van der Waals surface area contributed by atoms with Gasteiger partial charge in [-0.1, -0.05) is 17.3 Å². The molecular formula is C29H28F3N7O3. The Hall–Kier alpha value is -4.44. The van der Waals surface area contributed by atoms with Crippen molar-refractivity contribution in [1.82, 2.24) is 24.6 Å². The highest BCUT2D eigenvalue weighted by Gasteiger charge is 2.39. The lowest BCUT2D eigenvalue weighted by Crippen LogP contribution is -2.58. The minimum absolute atomic E-state index is 0.113. The van der Waals surface area contributed by atoms with E-state index in [-0.39, 0.29) is 23.5 Å². The second-order valence-corrected chi connectivity index (χ2v) is 10.9. The molecule has 0 spiro atoms. The summed E-state index contributed by atoms with van der Waals surface area (Å²) in [5, 5.41) is 13.8. The lowest BCUT2D eigenvalue weighted by molar-refractivity contribution is -0.274. The van der Waals surface area contributed by atoms with Crippen LogP contribution in [0.5, 0.6) is 5.75 Å². The average molecular weight is 580 g/mol. The summed E-state index contributed by atoms with van der Waals surface area (Å²) in [6.07, 6.45) is -2.71. The van der Waals surface area contributed by atoms with Gasteiger partial charge in [-0.25, -0.2) is 9.78 Å². The summed E-state index contributed by atoms with van der Waals surface area (Å²) in [5.41, 5.74) is 2.24. The molecule has 4 aromatic rings. The fraction of sp³-hybridized carbons (Fsp3) is 0.414. The molecule has 3 atom stereocenters. The Morgan fingerprint density at radius 3 is 2.48 bits per heavy atom. The number of piperazine rings is 1. The lowest BCUT2D eigenvalue weighted by atomic mass is 9.96. The molecule has 42 heavy (non-hydrogen) atoms. The van der Waals surface area contributed by atoms with Gasteiger partial charge in [-0.3, -0.25) is 9.47 Å². The molecule has 1 saturated carbocycles. The number of anilines is 1. The van der Waals surface area contributed by atoms with Crippen LogP contribution in [0.3, 0.4) is 0 Å². The molecule has 3 aromatic heterocycles. The second kappa shape index (κ2) is 10.4. The number of hydrogen-bond acceptors (Lipinski definition) is 9. The van der Waals surface area contributed by atoms with E-state index < -0.39 is 18.1 Å². The summed E-state index contributed by atoms with van der Waals surface area (Å²) >= 11 is 0. The number of rotatable bonds is 6. The first-order valence-corrected chi connectivity index (χ1v) is 13.6. The van der Waals surface area contributed by atoms with Gasteiger partial charge in [0.2, 0.25) is 0 Å². The maximum atomic E-state index is 12.8. The number of nitriles is 1. The number of nitrogens with zero attached hydrogens (tertiary/aromatic N) is 7. The predicted molar refractivity (Wildman–Crippen MR) is 146 cm³/mol. The van der Waals surface area contributed by atoms with Crippen LogP contribution in [0.4, 0.5) is 19.0 Å². The van der Waals surface area contributed by atoms with Gasteiger partial charge < -0.3 is 14.2 Å². The summed E-state index contributed by atoms with van der Waals surface area (Å²) in [4.78, 5) is 25.9. The van der Waals surface area contributed by atoms with E-state index in [1.54, 1.807) is 31.3 Å². The molecule has 2 aliphatic rings. The Labute approximate surface area is 238 Å². The number of aryl methyl sites for hydroxylation is 1. The zero-order valence-electron chi connectivity index (χ0n) is 23.2. The van der Waals surface area contributed by atoms with Crippen molar-refractivity contribution in [2.75, 3.05) is 18.0 Å². The number of alkyl halides is 3. The van der Waals surface area contributed by atoms with Crippen LogP contribution in [0.25, 0.3) is 11.0 Å². The SMILES string of the molecule is CC1CN(c2nc(=O)n(C)c3ccc(C#N)nc23)[C@@H](C)CN1C(c1ccc(OC(F)(F)F)cc1)c1cc(C2CC2)on1. The fourth-order valence-corrected chi connectivity index (χ4v) is 5.66. The molecule has 13 heteroatoms. The van der Waals surface area contributed by atoms with Crippen LogP contribution in [0, 0.1) is 11.3 Å². The van der Waals surface area contributed by atoms with Crippen LogP contribution in [0.15, 0.2) is 51.8 Å².